The van der Waals surface area contributed by atoms with Crippen LogP contribution in [0.5, 0.6) is 0 Å². The van der Waals surface area contributed by atoms with Crippen LogP contribution in [0.4, 0.5) is 0 Å². The van der Waals surface area contributed by atoms with E-state index < -0.39 is 9.84 Å². The Morgan fingerprint density at radius 1 is 1.07 bits per heavy atom. The molecule has 0 radical (unpaired) electrons. The molecule has 0 N–H and O–H groups in total. The Hall–Kier alpha value is -0.310. The van der Waals surface area contributed by atoms with Crippen LogP contribution in [-0.4, -0.2) is 19.9 Å². The fraction of sp³-hybridized carbons (Fsp3) is 0.833. The van der Waals surface area contributed by atoms with E-state index in [1.165, 1.54) is 0 Å². The minimum atomic E-state index is -2.90. The van der Waals surface area contributed by atoms with Crippen LogP contribution in [0.1, 0.15) is 40.0 Å². The maximum atomic E-state index is 11.8. The van der Waals surface area contributed by atoms with E-state index in [4.69, 9.17) is 0 Å². The summed E-state index contributed by atoms with van der Waals surface area (Å²) in [5, 5.41) is 0. The van der Waals surface area contributed by atoms with E-state index in [1.54, 1.807) is 6.08 Å². The molecule has 0 aromatic carbocycles. The average molecular weight is 232 g/mol. The van der Waals surface area contributed by atoms with E-state index in [0.29, 0.717) is 11.7 Å². The molecule has 1 unspecified atom stereocenters. The summed E-state index contributed by atoms with van der Waals surface area (Å²) in [6, 6.07) is 0. The van der Waals surface area contributed by atoms with Crippen molar-refractivity contribution < 1.29 is 8.42 Å². The van der Waals surface area contributed by atoms with Crippen LogP contribution < -0.4 is 0 Å². The van der Waals surface area contributed by atoms with E-state index in [-0.39, 0.29) is 11.7 Å². The zero-order chi connectivity index (χ0) is 11.9. The zero-order valence-corrected chi connectivity index (χ0v) is 11.0. The Morgan fingerprint density at radius 2 is 1.60 bits per heavy atom. The van der Waals surface area contributed by atoms with E-state index >= 15 is 0 Å². The largest absolute Gasteiger partial charge is 0.229 e. The molecule has 0 rings (SSSR count). The van der Waals surface area contributed by atoms with Crippen LogP contribution in [0.15, 0.2) is 12.7 Å². The van der Waals surface area contributed by atoms with Gasteiger partial charge in [0.15, 0.2) is 9.84 Å². The highest BCUT2D eigenvalue weighted by Gasteiger charge is 2.19. The highest BCUT2D eigenvalue weighted by atomic mass is 32.2. The smallest absolute Gasteiger partial charge is 0.151 e. The Kier molecular flexibility index (Phi) is 6.90. The molecular weight excluding hydrogens is 208 g/mol. The lowest BCUT2D eigenvalue weighted by Gasteiger charge is -2.15. The van der Waals surface area contributed by atoms with Crippen LogP contribution in [0.2, 0.25) is 0 Å². The minimum absolute atomic E-state index is 0.115. The Labute approximate surface area is 94.7 Å². The van der Waals surface area contributed by atoms with Gasteiger partial charge in [-0.1, -0.05) is 39.7 Å². The number of sulfone groups is 1. The maximum absolute atomic E-state index is 11.8. The fourth-order valence-corrected chi connectivity index (χ4v) is 3.98. The predicted molar refractivity (Wildman–Crippen MR) is 66.7 cm³/mol. The molecule has 90 valence electrons. The van der Waals surface area contributed by atoms with Crippen LogP contribution in [0, 0.1) is 11.8 Å². The molecule has 0 aromatic rings. The van der Waals surface area contributed by atoms with E-state index in [9.17, 15) is 8.42 Å². The number of rotatable bonds is 8. The monoisotopic (exact) mass is 232 g/mol. The zero-order valence-electron chi connectivity index (χ0n) is 10.2. The van der Waals surface area contributed by atoms with Gasteiger partial charge in [0.25, 0.3) is 0 Å². The number of hydrogen-bond donors (Lipinski definition) is 0. The summed E-state index contributed by atoms with van der Waals surface area (Å²) in [4.78, 5) is 0. The van der Waals surface area contributed by atoms with Gasteiger partial charge in [0.2, 0.25) is 0 Å². The topological polar surface area (TPSA) is 34.1 Å². The molecule has 0 aliphatic carbocycles. The second-order valence-electron chi connectivity index (χ2n) is 4.16. The molecule has 0 saturated carbocycles. The number of allylic oxidation sites excluding steroid dienone is 1. The van der Waals surface area contributed by atoms with Gasteiger partial charge in [-0.2, -0.15) is 0 Å². The van der Waals surface area contributed by atoms with Gasteiger partial charge in [-0.3, -0.25) is 0 Å². The van der Waals surface area contributed by atoms with Crippen molar-refractivity contribution in [1.29, 1.82) is 0 Å². The highest BCUT2D eigenvalue weighted by Crippen LogP contribution is 2.15. The van der Waals surface area contributed by atoms with Crippen molar-refractivity contribution in [2.24, 2.45) is 11.8 Å². The Morgan fingerprint density at radius 3 is 1.93 bits per heavy atom. The van der Waals surface area contributed by atoms with E-state index in [2.05, 4.69) is 20.4 Å². The van der Waals surface area contributed by atoms with Gasteiger partial charge in [-0.25, -0.2) is 8.42 Å². The van der Waals surface area contributed by atoms with Crippen LogP contribution >= 0.6 is 0 Å². The molecular formula is C12H24O2S. The van der Waals surface area contributed by atoms with Crippen molar-refractivity contribution in [3.8, 4) is 0 Å². The van der Waals surface area contributed by atoms with Crippen molar-refractivity contribution in [1.82, 2.24) is 0 Å². The minimum Gasteiger partial charge on any atom is -0.229 e. The van der Waals surface area contributed by atoms with Crippen molar-refractivity contribution in [3.05, 3.63) is 12.7 Å². The van der Waals surface area contributed by atoms with Crippen LogP contribution in [0.25, 0.3) is 0 Å². The summed E-state index contributed by atoms with van der Waals surface area (Å²) >= 11 is 0. The second-order valence-corrected chi connectivity index (χ2v) is 6.32. The van der Waals surface area contributed by atoms with Gasteiger partial charge in [0, 0.05) is 0 Å². The first kappa shape index (κ1) is 14.7. The summed E-state index contributed by atoms with van der Waals surface area (Å²) < 4.78 is 23.7. The van der Waals surface area contributed by atoms with E-state index in [0.717, 1.165) is 19.3 Å². The van der Waals surface area contributed by atoms with Gasteiger partial charge >= 0.3 is 0 Å². The maximum Gasteiger partial charge on any atom is 0.151 e. The van der Waals surface area contributed by atoms with Crippen molar-refractivity contribution in [2.45, 2.75) is 40.0 Å². The molecule has 0 bridgehead atoms. The quantitative estimate of drug-likeness (QED) is 0.603. The first-order valence-corrected chi connectivity index (χ1v) is 7.64. The molecule has 15 heavy (non-hydrogen) atoms. The molecule has 1 atom stereocenters. The molecule has 0 aliphatic heterocycles. The molecule has 0 saturated heterocycles. The van der Waals surface area contributed by atoms with Gasteiger partial charge < -0.3 is 0 Å². The lowest BCUT2D eigenvalue weighted by molar-refractivity contribution is 0.518. The van der Waals surface area contributed by atoms with Gasteiger partial charge in [0.1, 0.15) is 0 Å². The van der Waals surface area contributed by atoms with Crippen LogP contribution in [-0.2, 0) is 9.84 Å². The first-order valence-electron chi connectivity index (χ1n) is 5.81. The molecule has 0 fully saturated rings. The Bertz CT molecular complexity index is 263. The average Bonchev–Trinajstić information content (AvgIpc) is 2.22. The number of hydrogen-bond acceptors (Lipinski definition) is 2. The second kappa shape index (κ2) is 7.04. The summed E-state index contributed by atoms with van der Waals surface area (Å²) in [6.07, 6.45) is 4.50. The third kappa shape index (κ3) is 5.98. The summed E-state index contributed by atoms with van der Waals surface area (Å²) in [6.45, 7) is 9.77. The first-order chi connectivity index (χ1) is 6.99. The Balaban J connectivity index is 4.35. The highest BCUT2D eigenvalue weighted by molar-refractivity contribution is 7.91. The van der Waals surface area contributed by atoms with Gasteiger partial charge in [-0.15, -0.1) is 6.58 Å². The third-order valence-electron chi connectivity index (χ3n) is 2.97. The summed E-state index contributed by atoms with van der Waals surface area (Å²) in [5.41, 5.74) is 0. The van der Waals surface area contributed by atoms with E-state index in [1.807, 2.05) is 6.92 Å². The molecule has 0 aromatic heterocycles. The summed E-state index contributed by atoms with van der Waals surface area (Å²) in [5.74, 6) is 1.04. The lowest BCUT2D eigenvalue weighted by atomic mass is 10.1. The third-order valence-corrected chi connectivity index (χ3v) is 4.89. The lowest BCUT2D eigenvalue weighted by Crippen LogP contribution is -2.22. The molecule has 0 aliphatic rings. The molecule has 0 spiro atoms. The molecule has 0 amide bonds. The molecule has 0 heterocycles. The fourth-order valence-electron chi connectivity index (χ4n) is 1.63. The molecule has 3 heteroatoms. The predicted octanol–water partition coefficient (Wildman–Crippen LogP) is 3.05. The van der Waals surface area contributed by atoms with Crippen LogP contribution in [0.3, 0.4) is 0 Å². The van der Waals surface area contributed by atoms with Crippen molar-refractivity contribution >= 4 is 9.84 Å². The van der Waals surface area contributed by atoms with Gasteiger partial charge in [0.05, 0.1) is 11.5 Å². The van der Waals surface area contributed by atoms with Crippen molar-refractivity contribution in [3.63, 3.8) is 0 Å². The summed E-state index contributed by atoms with van der Waals surface area (Å²) in [7, 11) is -2.90. The van der Waals surface area contributed by atoms with Crippen molar-refractivity contribution in [2.75, 3.05) is 11.5 Å². The molecule has 2 nitrogen and oxygen atoms in total. The van der Waals surface area contributed by atoms with Gasteiger partial charge in [-0.05, 0) is 18.3 Å². The SMILES string of the molecule is C=CC(CC)CS(=O)(=O)CC(CC)CC. The normalized spacial score (nSPS) is 14.1. The standard InChI is InChI=1S/C12H24O2S/c1-5-11(6-2)9-15(13,14)10-12(7-3)8-4/h5,11-12H,1,6-10H2,2-4H3.